The number of amides is 2. The highest BCUT2D eigenvalue weighted by Crippen LogP contribution is 2.34. The van der Waals surface area contributed by atoms with Gasteiger partial charge < -0.3 is 5.11 Å². The van der Waals surface area contributed by atoms with Crippen LogP contribution in [0.25, 0.3) is 16.5 Å². The van der Waals surface area contributed by atoms with Gasteiger partial charge in [-0.05, 0) is 35.7 Å². The van der Waals surface area contributed by atoms with Crippen LogP contribution in [0.1, 0.15) is 26.3 Å². The van der Waals surface area contributed by atoms with Crippen molar-refractivity contribution in [3.8, 4) is 11.6 Å². The van der Waals surface area contributed by atoms with E-state index in [1.54, 1.807) is 60.7 Å². The smallest absolute Gasteiger partial charge is 0.335 e. The number of aromatic nitrogens is 2. The first-order chi connectivity index (χ1) is 15.9. The molecule has 10 heteroatoms. The Kier molecular flexibility index (Phi) is 4.79. The Morgan fingerprint density at radius 1 is 0.879 bits per heavy atom. The summed E-state index contributed by atoms with van der Waals surface area (Å²) in [6.45, 7) is 0. The van der Waals surface area contributed by atoms with Gasteiger partial charge in [-0.15, -0.1) is 0 Å². The van der Waals surface area contributed by atoms with Crippen LogP contribution in [-0.2, 0) is 0 Å². The minimum absolute atomic E-state index is 0.271. The van der Waals surface area contributed by atoms with Gasteiger partial charge in [-0.1, -0.05) is 46.3 Å². The Balaban J connectivity index is 1.62. The van der Waals surface area contributed by atoms with Crippen molar-refractivity contribution in [3.05, 3.63) is 103 Å². The SMILES string of the molecule is O=C1c2cccc3c(Br)ccc(c23)C(=O)N1N=Cc1c(O)n(-c2ccccc2)c(=O)[nH]c1=O. The average molecular weight is 505 g/mol. The van der Waals surface area contributed by atoms with Gasteiger partial charge in [0.25, 0.3) is 17.4 Å². The lowest BCUT2D eigenvalue weighted by molar-refractivity contribution is 0.0616. The number of hydrazone groups is 1. The summed E-state index contributed by atoms with van der Waals surface area (Å²) in [6.07, 6.45) is 0.882. The predicted octanol–water partition coefficient (Wildman–Crippen LogP) is 2.78. The van der Waals surface area contributed by atoms with E-state index in [0.29, 0.717) is 21.5 Å². The van der Waals surface area contributed by atoms with E-state index in [0.717, 1.165) is 15.3 Å². The van der Waals surface area contributed by atoms with Gasteiger partial charge in [-0.25, -0.2) is 9.36 Å². The lowest BCUT2D eigenvalue weighted by Gasteiger charge is -2.23. The van der Waals surface area contributed by atoms with E-state index in [9.17, 15) is 24.3 Å². The number of para-hydroxylation sites is 1. The van der Waals surface area contributed by atoms with E-state index in [-0.39, 0.29) is 16.7 Å². The maximum atomic E-state index is 13.0. The molecule has 0 fully saturated rings. The van der Waals surface area contributed by atoms with E-state index < -0.39 is 28.9 Å². The van der Waals surface area contributed by atoms with Crippen molar-refractivity contribution in [2.75, 3.05) is 0 Å². The molecule has 0 radical (unpaired) electrons. The Morgan fingerprint density at radius 3 is 2.30 bits per heavy atom. The number of carbonyl (C=O) groups is 2. The number of imide groups is 1. The molecule has 3 aromatic carbocycles. The van der Waals surface area contributed by atoms with E-state index in [1.165, 1.54) is 0 Å². The van der Waals surface area contributed by atoms with Gasteiger partial charge in [0.15, 0.2) is 0 Å². The van der Waals surface area contributed by atoms with Crippen LogP contribution in [0.2, 0.25) is 0 Å². The molecular formula is C23H13BrN4O5. The van der Waals surface area contributed by atoms with Crippen LogP contribution in [0.5, 0.6) is 5.88 Å². The molecule has 1 aliphatic heterocycles. The minimum atomic E-state index is -0.920. The number of rotatable bonds is 3. The van der Waals surface area contributed by atoms with Gasteiger partial charge in [-0.3, -0.25) is 19.4 Å². The zero-order valence-corrected chi connectivity index (χ0v) is 18.2. The Morgan fingerprint density at radius 2 is 1.58 bits per heavy atom. The third-order valence-corrected chi connectivity index (χ3v) is 5.96. The summed E-state index contributed by atoms with van der Waals surface area (Å²) >= 11 is 3.42. The van der Waals surface area contributed by atoms with Crippen LogP contribution in [0.4, 0.5) is 0 Å². The summed E-state index contributed by atoms with van der Waals surface area (Å²) in [4.78, 5) is 52.8. The van der Waals surface area contributed by atoms with Crippen molar-refractivity contribution in [1.82, 2.24) is 14.6 Å². The number of aromatic amines is 1. The van der Waals surface area contributed by atoms with Gasteiger partial charge in [0.1, 0.15) is 5.56 Å². The number of benzene rings is 3. The number of hydrogen-bond acceptors (Lipinski definition) is 6. The zero-order chi connectivity index (χ0) is 23.3. The fourth-order valence-corrected chi connectivity index (χ4v) is 4.20. The predicted molar refractivity (Wildman–Crippen MR) is 124 cm³/mol. The molecule has 9 nitrogen and oxygen atoms in total. The van der Waals surface area contributed by atoms with Crippen molar-refractivity contribution in [2.24, 2.45) is 5.10 Å². The number of nitrogens with zero attached hydrogens (tertiary/aromatic N) is 3. The molecule has 0 spiro atoms. The van der Waals surface area contributed by atoms with Crippen molar-refractivity contribution in [3.63, 3.8) is 0 Å². The molecule has 2 amide bonds. The normalized spacial score (nSPS) is 13.3. The molecule has 162 valence electrons. The fraction of sp³-hybridized carbons (Fsp3) is 0. The summed E-state index contributed by atoms with van der Waals surface area (Å²) in [5.74, 6) is -2.04. The standard InChI is InChI=1S/C23H13BrN4O5/c24-17-10-9-15-18-13(17)7-4-8-14(18)21(31)28(22(15)32)25-11-16-19(29)26-23(33)27(20(16)30)12-5-2-1-3-6-12/h1-11,30H,(H,26,29,33). The molecule has 1 aliphatic rings. The highest BCUT2D eigenvalue weighted by atomic mass is 79.9. The maximum absolute atomic E-state index is 13.0. The van der Waals surface area contributed by atoms with Gasteiger partial charge in [0.05, 0.1) is 23.0 Å². The highest BCUT2D eigenvalue weighted by molar-refractivity contribution is 9.10. The van der Waals surface area contributed by atoms with Crippen LogP contribution in [0.15, 0.2) is 79.8 Å². The molecule has 5 rings (SSSR count). The van der Waals surface area contributed by atoms with Gasteiger partial charge in [-0.2, -0.15) is 10.1 Å². The van der Waals surface area contributed by atoms with Crippen molar-refractivity contribution in [2.45, 2.75) is 0 Å². The van der Waals surface area contributed by atoms with E-state index in [2.05, 4.69) is 26.0 Å². The zero-order valence-electron chi connectivity index (χ0n) is 16.7. The molecule has 33 heavy (non-hydrogen) atoms. The second-order valence-corrected chi connectivity index (χ2v) is 8.01. The van der Waals surface area contributed by atoms with Gasteiger partial charge >= 0.3 is 5.69 Å². The molecule has 2 N–H and O–H groups in total. The molecule has 0 atom stereocenters. The summed E-state index contributed by atoms with van der Waals surface area (Å²) in [6, 6.07) is 16.5. The van der Waals surface area contributed by atoms with Crippen molar-refractivity contribution in [1.29, 1.82) is 0 Å². The molecular weight excluding hydrogens is 492 g/mol. The second-order valence-electron chi connectivity index (χ2n) is 7.16. The Labute approximate surface area is 193 Å². The van der Waals surface area contributed by atoms with E-state index in [4.69, 9.17) is 0 Å². The van der Waals surface area contributed by atoms with Crippen molar-refractivity contribution >= 4 is 44.7 Å². The van der Waals surface area contributed by atoms with Crippen LogP contribution in [-0.4, -0.2) is 37.7 Å². The summed E-state index contributed by atoms with van der Waals surface area (Å²) in [5.41, 5.74) is -1.31. The van der Waals surface area contributed by atoms with Crippen LogP contribution < -0.4 is 11.2 Å². The molecule has 4 aromatic rings. The van der Waals surface area contributed by atoms with Crippen LogP contribution in [0.3, 0.4) is 0 Å². The average Bonchev–Trinajstić information content (AvgIpc) is 2.80. The molecule has 2 heterocycles. The third-order valence-electron chi connectivity index (χ3n) is 5.27. The summed E-state index contributed by atoms with van der Waals surface area (Å²) in [5, 5.41) is 16.4. The number of aromatic hydroxyl groups is 1. The lowest BCUT2D eigenvalue weighted by atomic mass is 9.95. The third kappa shape index (κ3) is 3.19. The van der Waals surface area contributed by atoms with E-state index >= 15 is 0 Å². The number of hydrogen-bond donors (Lipinski definition) is 2. The first-order valence-electron chi connectivity index (χ1n) is 9.66. The molecule has 0 bridgehead atoms. The monoisotopic (exact) mass is 504 g/mol. The lowest BCUT2D eigenvalue weighted by Crippen LogP contribution is -2.37. The summed E-state index contributed by atoms with van der Waals surface area (Å²) < 4.78 is 1.62. The van der Waals surface area contributed by atoms with Crippen LogP contribution >= 0.6 is 15.9 Å². The maximum Gasteiger partial charge on any atom is 0.335 e. The quantitative estimate of drug-likeness (QED) is 0.327. The largest absolute Gasteiger partial charge is 0.493 e. The van der Waals surface area contributed by atoms with Gasteiger partial charge in [0.2, 0.25) is 5.88 Å². The van der Waals surface area contributed by atoms with E-state index in [1.807, 2.05) is 0 Å². The number of carbonyl (C=O) groups excluding carboxylic acids is 2. The fourth-order valence-electron chi connectivity index (χ4n) is 3.74. The van der Waals surface area contributed by atoms with Gasteiger partial charge in [0, 0.05) is 9.86 Å². The molecule has 1 aromatic heterocycles. The Bertz CT molecular complexity index is 1600. The van der Waals surface area contributed by atoms with Crippen molar-refractivity contribution < 1.29 is 14.7 Å². The highest BCUT2D eigenvalue weighted by Gasteiger charge is 2.33. The molecule has 0 aliphatic carbocycles. The summed E-state index contributed by atoms with van der Waals surface area (Å²) in [7, 11) is 0. The number of nitrogens with one attached hydrogen (secondary N) is 1. The number of H-pyrrole nitrogens is 1. The second kappa shape index (κ2) is 7.68. The molecule has 0 unspecified atom stereocenters. The first-order valence-corrected chi connectivity index (χ1v) is 10.5. The minimum Gasteiger partial charge on any atom is -0.493 e. The number of halogens is 1. The first kappa shape index (κ1) is 20.6. The molecule has 0 saturated carbocycles. The topological polar surface area (TPSA) is 125 Å². The molecule has 0 saturated heterocycles. The van der Waals surface area contributed by atoms with Crippen LogP contribution in [0, 0.1) is 0 Å². The Hall–Kier alpha value is -4.31.